The summed E-state index contributed by atoms with van der Waals surface area (Å²) in [4.78, 5) is 0. The average molecular weight is 266 g/mol. The predicted molar refractivity (Wildman–Crippen MR) is 87.2 cm³/mol. The van der Waals surface area contributed by atoms with Crippen LogP contribution in [0.15, 0.2) is 24.3 Å². The van der Waals surface area contributed by atoms with E-state index < -0.39 is 0 Å². The third-order valence-corrected chi connectivity index (χ3v) is 3.69. The maximum absolute atomic E-state index is 9.81. The van der Waals surface area contributed by atoms with Crippen molar-refractivity contribution in [2.45, 2.75) is 34.6 Å². The van der Waals surface area contributed by atoms with Gasteiger partial charge in [0.2, 0.25) is 0 Å². The van der Waals surface area contributed by atoms with Crippen molar-refractivity contribution in [2.24, 2.45) is 0 Å². The summed E-state index contributed by atoms with van der Waals surface area (Å²) >= 11 is 0. The number of benzene rings is 2. The summed E-state index contributed by atoms with van der Waals surface area (Å²) in [5, 5.41) is 9.81. The number of aryl methyl sites for hydroxylation is 5. The highest BCUT2D eigenvalue weighted by molar-refractivity contribution is 5.74. The van der Waals surface area contributed by atoms with Crippen LogP contribution >= 0.6 is 0 Å². The van der Waals surface area contributed by atoms with Gasteiger partial charge >= 0.3 is 0 Å². The van der Waals surface area contributed by atoms with Crippen molar-refractivity contribution < 1.29 is 5.11 Å². The van der Waals surface area contributed by atoms with E-state index in [-0.39, 0.29) is 0 Å². The average Bonchev–Trinajstić information content (AvgIpc) is 2.34. The van der Waals surface area contributed by atoms with E-state index in [1.807, 2.05) is 26.0 Å². The molecule has 0 atom stereocenters. The third kappa shape index (κ3) is 2.93. The highest BCUT2D eigenvalue weighted by atomic mass is 16.3. The second-order valence-electron chi connectivity index (χ2n) is 5.65. The Morgan fingerprint density at radius 3 is 1.70 bits per heavy atom. The molecule has 0 saturated carbocycles. The van der Waals surface area contributed by atoms with Crippen LogP contribution in [0.25, 0.3) is 12.2 Å². The minimum Gasteiger partial charge on any atom is -0.507 e. The van der Waals surface area contributed by atoms with Crippen LogP contribution in [0.3, 0.4) is 0 Å². The summed E-state index contributed by atoms with van der Waals surface area (Å²) in [6, 6.07) is 8.44. The first-order chi connectivity index (χ1) is 9.38. The lowest BCUT2D eigenvalue weighted by molar-refractivity contribution is 0.467. The second-order valence-corrected chi connectivity index (χ2v) is 5.65. The lowest BCUT2D eigenvalue weighted by atomic mass is 9.98. The molecule has 1 nitrogen and oxygen atoms in total. The summed E-state index contributed by atoms with van der Waals surface area (Å²) in [7, 11) is 0. The van der Waals surface area contributed by atoms with Crippen LogP contribution < -0.4 is 0 Å². The van der Waals surface area contributed by atoms with Gasteiger partial charge in [-0.15, -0.1) is 0 Å². The molecule has 2 aromatic carbocycles. The molecule has 0 fully saturated rings. The lowest BCUT2D eigenvalue weighted by Gasteiger charge is -2.08. The van der Waals surface area contributed by atoms with Gasteiger partial charge in [-0.3, -0.25) is 0 Å². The molecule has 1 N–H and O–H groups in total. The standard InChI is InChI=1S/C19H22O/c1-12-8-13(2)18(14(3)9-12)7-6-17-10-15(4)19(20)16(5)11-17/h6-11,20H,1-5H3. The first kappa shape index (κ1) is 14.4. The minimum absolute atomic E-state index is 0.393. The minimum atomic E-state index is 0.393. The van der Waals surface area contributed by atoms with Gasteiger partial charge in [-0.2, -0.15) is 0 Å². The predicted octanol–water partition coefficient (Wildman–Crippen LogP) is 5.10. The molecule has 0 bridgehead atoms. The summed E-state index contributed by atoms with van der Waals surface area (Å²) in [5.74, 6) is 0.393. The van der Waals surface area contributed by atoms with Crippen molar-refractivity contribution in [3.63, 3.8) is 0 Å². The number of aromatic hydroxyl groups is 1. The van der Waals surface area contributed by atoms with Crippen molar-refractivity contribution in [1.82, 2.24) is 0 Å². The topological polar surface area (TPSA) is 20.2 Å². The fourth-order valence-electron chi connectivity index (χ4n) is 2.72. The Balaban J connectivity index is 2.40. The zero-order chi connectivity index (χ0) is 14.9. The molecule has 0 aromatic heterocycles. The fourth-order valence-corrected chi connectivity index (χ4v) is 2.72. The molecule has 0 aliphatic carbocycles. The van der Waals surface area contributed by atoms with Crippen molar-refractivity contribution in [2.75, 3.05) is 0 Å². The summed E-state index contributed by atoms with van der Waals surface area (Å²) in [5.41, 5.74) is 8.13. The van der Waals surface area contributed by atoms with Crippen LogP contribution in [-0.2, 0) is 0 Å². The van der Waals surface area contributed by atoms with Crippen LogP contribution in [0.4, 0.5) is 0 Å². The molecule has 0 spiro atoms. The third-order valence-electron chi connectivity index (χ3n) is 3.69. The number of phenolic OH excluding ortho intramolecular Hbond substituents is 1. The van der Waals surface area contributed by atoms with Gasteiger partial charge in [-0.25, -0.2) is 0 Å². The number of rotatable bonds is 2. The van der Waals surface area contributed by atoms with Crippen LogP contribution in [0.1, 0.15) is 38.9 Å². The Kier molecular flexibility index (Phi) is 3.99. The van der Waals surface area contributed by atoms with Crippen molar-refractivity contribution in [1.29, 1.82) is 0 Å². The van der Waals surface area contributed by atoms with Gasteiger partial charge in [0.25, 0.3) is 0 Å². The zero-order valence-electron chi connectivity index (χ0n) is 12.9. The molecule has 0 amide bonds. The van der Waals surface area contributed by atoms with Gasteiger partial charge in [-0.1, -0.05) is 29.8 Å². The second kappa shape index (κ2) is 5.54. The molecule has 0 unspecified atom stereocenters. The van der Waals surface area contributed by atoms with Crippen LogP contribution in [0.5, 0.6) is 5.75 Å². The highest BCUT2D eigenvalue weighted by Crippen LogP contribution is 2.25. The quantitative estimate of drug-likeness (QED) is 0.749. The molecule has 0 radical (unpaired) electrons. The van der Waals surface area contributed by atoms with Crippen LogP contribution in [-0.4, -0.2) is 5.11 Å². The number of hydrogen-bond acceptors (Lipinski definition) is 1. The largest absolute Gasteiger partial charge is 0.507 e. The Morgan fingerprint density at radius 2 is 1.20 bits per heavy atom. The molecule has 0 aliphatic heterocycles. The SMILES string of the molecule is Cc1cc(C)c(C=Cc2cc(C)c(O)c(C)c2)c(C)c1. The van der Waals surface area contributed by atoms with E-state index in [1.165, 1.54) is 22.3 Å². The Bertz CT molecular complexity index is 632. The molecular formula is C19H22O. The van der Waals surface area contributed by atoms with E-state index in [9.17, 15) is 5.11 Å². The molecule has 1 heteroatoms. The summed E-state index contributed by atoms with van der Waals surface area (Å²) in [6.45, 7) is 10.3. The van der Waals surface area contributed by atoms with E-state index in [2.05, 4.69) is 45.1 Å². The van der Waals surface area contributed by atoms with Gasteiger partial charge < -0.3 is 5.11 Å². The van der Waals surface area contributed by atoms with E-state index >= 15 is 0 Å². The Hall–Kier alpha value is -2.02. The summed E-state index contributed by atoms with van der Waals surface area (Å²) < 4.78 is 0. The number of hydrogen-bond donors (Lipinski definition) is 1. The molecule has 2 aromatic rings. The van der Waals surface area contributed by atoms with Crippen LogP contribution in [0.2, 0.25) is 0 Å². The van der Waals surface area contributed by atoms with E-state index in [1.54, 1.807) is 0 Å². The maximum Gasteiger partial charge on any atom is 0.121 e. The van der Waals surface area contributed by atoms with Gasteiger partial charge in [0.05, 0.1) is 0 Å². The van der Waals surface area contributed by atoms with Gasteiger partial charge in [0, 0.05) is 0 Å². The van der Waals surface area contributed by atoms with E-state index in [4.69, 9.17) is 0 Å². The maximum atomic E-state index is 9.81. The Morgan fingerprint density at radius 1 is 0.700 bits per heavy atom. The molecule has 2 rings (SSSR count). The van der Waals surface area contributed by atoms with Crippen molar-refractivity contribution in [3.05, 3.63) is 63.2 Å². The fraction of sp³-hybridized carbons (Fsp3) is 0.263. The van der Waals surface area contributed by atoms with Gasteiger partial charge in [0.15, 0.2) is 0 Å². The molecule has 0 aliphatic rings. The van der Waals surface area contributed by atoms with E-state index in [0.717, 1.165) is 16.7 Å². The summed E-state index contributed by atoms with van der Waals surface area (Å²) in [6.07, 6.45) is 4.28. The first-order valence-electron chi connectivity index (χ1n) is 6.94. The molecule has 0 heterocycles. The lowest BCUT2D eigenvalue weighted by Crippen LogP contribution is -1.88. The molecular weight excluding hydrogens is 244 g/mol. The van der Waals surface area contributed by atoms with Crippen LogP contribution in [0, 0.1) is 34.6 Å². The molecule has 0 saturated heterocycles. The highest BCUT2D eigenvalue weighted by Gasteiger charge is 2.03. The number of phenols is 1. The zero-order valence-corrected chi connectivity index (χ0v) is 12.9. The first-order valence-corrected chi connectivity index (χ1v) is 6.94. The normalized spacial score (nSPS) is 11.2. The van der Waals surface area contributed by atoms with Gasteiger partial charge in [0.1, 0.15) is 5.75 Å². The van der Waals surface area contributed by atoms with E-state index in [0.29, 0.717) is 5.75 Å². The van der Waals surface area contributed by atoms with Gasteiger partial charge in [-0.05, 0) is 80.1 Å². The molecule has 20 heavy (non-hydrogen) atoms. The van der Waals surface area contributed by atoms with Crippen molar-refractivity contribution in [3.8, 4) is 5.75 Å². The smallest absolute Gasteiger partial charge is 0.121 e. The monoisotopic (exact) mass is 266 g/mol. The Labute approximate surface area is 121 Å². The molecule has 104 valence electrons. The van der Waals surface area contributed by atoms with Crippen molar-refractivity contribution >= 4 is 12.2 Å².